The van der Waals surface area contributed by atoms with E-state index in [1.165, 1.54) is 19.3 Å². The first-order valence-electron chi connectivity index (χ1n) is 10.2. The predicted molar refractivity (Wildman–Crippen MR) is 106 cm³/mol. The molecular weight excluding hydrogens is 340 g/mol. The summed E-state index contributed by atoms with van der Waals surface area (Å²) in [4.78, 5) is 29.9. The third-order valence-corrected chi connectivity index (χ3v) is 5.71. The van der Waals surface area contributed by atoms with E-state index >= 15 is 0 Å². The standard InChI is InChI=1S/C21H32N4O2/c1-22-21(27)19(17-9-4-2-5-10-17)25-15-8-11-18(25)20(26)23-12-16-24-13-6-3-7-14-24/h2,4-5,9-10,18-19H,3,6-8,11-16H2,1H3,(H,22,27)(H,23,26)/t18-,19+/m0/s1. The van der Waals surface area contributed by atoms with Crippen LogP contribution in [0.5, 0.6) is 0 Å². The Morgan fingerprint density at radius 2 is 1.81 bits per heavy atom. The molecule has 0 saturated carbocycles. The van der Waals surface area contributed by atoms with Crippen molar-refractivity contribution in [1.82, 2.24) is 20.4 Å². The van der Waals surface area contributed by atoms with Gasteiger partial charge in [-0.2, -0.15) is 0 Å². The highest BCUT2D eigenvalue weighted by atomic mass is 16.2. The van der Waals surface area contributed by atoms with Gasteiger partial charge in [-0.1, -0.05) is 36.8 Å². The van der Waals surface area contributed by atoms with Crippen molar-refractivity contribution in [2.75, 3.05) is 39.8 Å². The summed E-state index contributed by atoms with van der Waals surface area (Å²) in [6.07, 6.45) is 5.57. The molecular formula is C21H32N4O2. The first-order valence-corrected chi connectivity index (χ1v) is 10.2. The van der Waals surface area contributed by atoms with E-state index in [-0.39, 0.29) is 17.9 Å². The van der Waals surface area contributed by atoms with Gasteiger partial charge in [-0.05, 0) is 44.3 Å². The second-order valence-corrected chi connectivity index (χ2v) is 7.52. The van der Waals surface area contributed by atoms with Gasteiger partial charge in [-0.15, -0.1) is 0 Å². The molecule has 2 N–H and O–H groups in total. The summed E-state index contributed by atoms with van der Waals surface area (Å²) in [5.74, 6) is -0.0106. The van der Waals surface area contributed by atoms with E-state index < -0.39 is 6.04 Å². The minimum atomic E-state index is -0.420. The number of carbonyl (C=O) groups excluding carboxylic acids is 2. The highest BCUT2D eigenvalue weighted by Gasteiger charge is 2.38. The third kappa shape index (κ3) is 5.08. The second kappa shape index (κ2) is 9.85. The van der Waals surface area contributed by atoms with Crippen molar-refractivity contribution in [2.24, 2.45) is 0 Å². The fraction of sp³-hybridized carbons (Fsp3) is 0.619. The van der Waals surface area contributed by atoms with E-state index in [0.29, 0.717) is 6.54 Å². The van der Waals surface area contributed by atoms with Crippen LogP contribution in [0.2, 0.25) is 0 Å². The SMILES string of the molecule is CNC(=O)[C@@H](c1ccccc1)N1CCC[C@H]1C(=O)NCCN1CCCCC1. The van der Waals surface area contributed by atoms with Gasteiger partial charge in [-0.25, -0.2) is 0 Å². The average Bonchev–Trinajstić information content (AvgIpc) is 3.19. The lowest BCUT2D eigenvalue weighted by Gasteiger charge is -2.32. The van der Waals surface area contributed by atoms with Crippen LogP contribution in [0.3, 0.4) is 0 Å². The van der Waals surface area contributed by atoms with Crippen LogP contribution in [-0.4, -0.2) is 67.4 Å². The van der Waals surface area contributed by atoms with Gasteiger partial charge in [0, 0.05) is 26.7 Å². The summed E-state index contributed by atoms with van der Waals surface area (Å²) in [5.41, 5.74) is 0.935. The van der Waals surface area contributed by atoms with Gasteiger partial charge in [-0.3, -0.25) is 14.5 Å². The number of likely N-dealkylation sites (tertiary alicyclic amines) is 2. The molecule has 2 heterocycles. The molecule has 1 aromatic rings. The molecule has 0 aromatic heterocycles. The van der Waals surface area contributed by atoms with Crippen molar-refractivity contribution < 1.29 is 9.59 Å². The lowest BCUT2D eigenvalue weighted by atomic mass is 10.0. The molecule has 0 spiro atoms. The zero-order valence-corrected chi connectivity index (χ0v) is 16.3. The van der Waals surface area contributed by atoms with Crippen LogP contribution in [0.4, 0.5) is 0 Å². The molecule has 2 aliphatic rings. The normalized spacial score (nSPS) is 22.3. The first kappa shape index (κ1) is 19.8. The Morgan fingerprint density at radius 3 is 2.52 bits per heavy atom. The maximum absolute atomic E-state index is 12.8. The smallest absolute Gasteiger partial charge is 0.241 e. The third-order valence-electron chi connectivity index (χ3n) is 5.71. The topological polar surface area (TPSA) is 64.7 Å². The summed E-state index contributed by atoms with van der Waals surface area (Å²) in [6, 6.07) is 9.08. The molecule has 1 aromatic carbocycles. The summed E-state index contributed by atoms with van der Waals surface area (Å²) in [5, 5.41) is 5.88. The molecule has 0 bridgehead atoms. The largest absolute Gasteiger partial charge is 0.358 e. The minimum absolute atomic E-state index is 0.0503. The van der Waals surface area contributed by atoms with E-state index in [4.69, 9.17) is 0 Å². The van der Waals surface area contributed by atoms with Gasteiger partial charge < -0.3 is 15.5 Å². The number of hydrogen-bond acceptors (Lipinski definition) is 4. The van der Waals surface area contributed by atoms with Crippen LogP contribution in [0.15, 0.2) is 30.3 Å². The second-order valence-electron chi connectivity index (χ2n) is 7.52. The number of nitrogens with zero attached hydrogens (tertiary/aromatic N) is 2. The molecule has 0 unspecified atom stereocenters. The van der Waals surface area contributed by atoms with Crippen LogP contribution in [0.1, 0.15) is 43.7 Å². The Hall–Kier alpha value is -1.92. The Labute approximate surface area is 162 Å². The molecule has 6 heteroatoms. The monoisotopic (exact) mass is 372 g/mol. The highest BCUT2D eigenvalue weighted by Crippen LogP contribution is 2.30. The van der Waals surface area contributed by atoms with Crippen LogP contribution in [0, 0.1) is 0 Å². The maximum Gasteiger partial charge on any atom is 0.241 e. The summed E-state index contributed by atoms with van der Waals surface area (Å²) >= 11 is 0. The lowest BCUT2D eigenvalue weighted by Crippen LogP contribution is -2.49. The molecule has 2 aliphatic heterocycles. The Kier molecular flexibility index (Phi) is 7.24. The van der Waals surface area contributed by atoms with Crippen molar-refractivity contribution in [1.29, 1.82) is 0 Å². The van der Waals surface area contributed by atoms with Gasteiger partial charge in [0.15, 0.2) is 0 Å². The Morgan fingerprint density at radius 1 is 1.07 bits per heavy atom. The lowest BCUT2D eigenvalue weighted by molar-refractivity contribution is -0.131. The molecule has 27 heavy (non-hydrogen) atoms. The number of hydrogen-bond donors (Lipinski definition) is 2. The fourth-order valence-electron chi connectivity index (χ4n) is 4.28. The summed E-state index contributed by atoms with van der Waals surface area (Å²) in [6.45, 7) is 4.63. The molecule has 3 rings (SSSR count). The van der Waals surface area contributed by atoms with Gasteiger partial charge in [0.1, 0.15) is 6.04 Å². The number of likely N-dealkylation sites (N-methyl/N-ethyl adjacent to an activating group) is 1. The number of amides is 2. The average molecular weight is 373 g/mol. The number of rotatable bonds is 7. The molecule has 2 saturated heterocycles. The van der Waals surface area contributed by atoms with Gasteiger partial charge in [0.2, 0.25) is 11.8 Å². The van der Waals surface area contributed by atoms with Crippen LogP contribution < -0.4 is 10.6 Å². The molecule has 2 fully saturated rings. The van der Waals surface area contributed by atoms with Crippen molar-refractivity contribution in [2.45, 2.75) is 44.2 Å². The van der Waals surface area contributed by atoms with Crippen LogP contribution >= 0.6 is 0 Å². The predicted octanol–water partition coefficient (Wildman–Crippen LogP) is 1.54. The zero-order valence-electron chi connectivity index (χ0n) is 16.3. The molecule has 6 nitrogen and oxygen atoms in total. The van der Waals surface area contributed by atoms with E-state index in [2.05, 4.69) is 20.4 Å². The number of benzene rings is 1. The van der Waals surface area contributed by atoms with Gasteiger partial charge in [0.05, 0.1) is 6.04 Å². The number of piperidine rings is 1. The van der Waals surface area contributed by atoms with Crippen molar-refractivity contribution in [3.63, 3.8) is 0 Å². The van der Waals surface area contributed by atoms with Crippen LogP contribution in [0.25, 0.3) is 0 Å². The Bertz CT molecular complexity index is 616. The number of nitrogens with one attached hydrogen (secondary N) is 2. The van der Waals surface area contributed by atoms with Gasteiger partial charge in [0.25, 0.3) is 0 Å². The molecule has 0 radical (unpaired) electrons. The molecule has 2 atom stereocenters. The van der Waals surface area contributed by atoms with E-state index in [0.717, 1.165) is 44.6 Å². The summed E-state index contributed by atoms with van der Waals surface area (Å²) in [7, 11) is 1.65. The van der Waals surface area contributed by atoms with E-state index in [1.807, 2.05) is 30.3 Å². The van der Waals surface area contributed by atoms with Crippen molar-refractivity contribution in [3.8, 4) is 0 Å². The molecule has 0 aliphatic carbocycles. The van der Waals surface area contributed by atoms with Gasteiger partial charge >= 0.3 is 0 Å². The Balaban J connectivity index is 1.61. The molecule has 148 valence electrons. The fourth-order valence-corrected chi connectivity index (χ4v) is 4.28. The minimum Gasteiger partial charge on any atom is -0.358 e. The summed E-state index contributed by atoms with van der Waals surface area (Å²) < 4.78 is 0. The quantitative estimate of drug-likeness (QED) is 0.762. The highest BCUT2D eigenvalue weighted by molar-refractivity contribution is 5.86. The number of carbonyl (C=O) groups is 2. The van der Waals surface area contributed by atoms with Crippen molar-refractivity contribution >= 4 is 11.8 Å². The van der Waals surface area contributed by atoms with E-state index in [1.54, 1.807) is 7.05 Å². The maximum atomic E-state index is 12.8. The molecule has 2 amide bonds. The first-order chi connectivity index (χ1) is 13.2. The van der Waals surface area contributed by atoms with Crippen molar-refractivity contribution in [3.05, 3.63) is 35.9 Å². The van der Waals surface area contributed by atoms with Crippen LogP contribution in [-0.2, 0) is 9.59 Å². The zero-order chi connectivity index (χ0) is 19.1. The van der Waals surface area contributed by atoms with E-state index in [9.17, 15) is 9.59 Å².